The van der Waals surface area contributed by atoms with E-state index in [1.165, 1.54) is 0 Å². The average Bonchev–Trinajstić information content (AvgIpc) is 2.69. The van der Waals surface area contributed by atoms with Crippen LogP contribution in [0.15, 0.2) is 4.60 Å². The second-order valence-electron chi connectivity index (χ2n) is 6.47. The predicted octanol–water partition coefficient (Wildman–Crippen LogP) is 1.90. The molecular formula is C14H26BrN5. The Morgan fingerprint density at radius 1 is 1.30 bits per heavy atom. The minimum atomic E-state index is 0.215. The van der Waals surface area contributed by atoms with Gasteiger partial charge < -0.3 is 10.7 Å². The molecule has 2 rings (SSSR count). The number of aryl methyl sites for hydroxylation is 1. The van der Waals surface area contributed by atoms with E-state index in [1.807, 2.05) is 6.92 Å². The van der Waals surface area contributed by atoms with Gasteiger partial charge in [-0.1, -0.05) is 0 Å². The number of imidazole rings is 1. The van der Waals surface area contributed by atoms with Crippen LogP contribution in [0.5, 0.6) is 0 Å². The topological polar surface area (TPSA) is 61.2 Å². The van der Waals surface area contributed by atoms with Crippen molar-refractivity contribution in [1.82, 2.24) is 19.8 Å². The Bertz CT molecular complexity index is 443. The summed E-state index contributed by atoms with van der Waals surface area (Å²) in [6.45, 7) is 13.7. The number of hydrogen-bond donors (Lipinski definition) is 2. The maximum Gasteiger partial charge on any atom is 0.129 e. The van der Waals surface area contributed by atoms with E-state index in [-0.39, 0.29) is 11.6 Å². The quantitative estimate of drug-likeness (QED) is 0.879. The molecule has 3 N–H and O–H groups in total. The molecule has 0 saturated carbocycles. The van der Waals surface area contributed by atoms with Crippen LogP contribution in [0.4, 0.5) is 0 Å². The Hall–Kier alpha value is -0.430. The minimum Gasteiger partial charge on any atom is -0.344 e. The van der Waals surface area contributed by atoms with Gasteiger partial charge in [0.1, 0.15) is 10.4 Å². The van der Waals surface area contributed by atoms with Gasteiger partial charge in [0.15, 0.2) is 0 Å². The van der Waals surface area contributed by atoms with E-state index >= 15 is 0 Å². The Balaban J connectivity index is 2.06. The molecule has 0 aliphatic carbocycles. The van der Waals surface area contributed by atoms with Crippen LogP contribution in [-0.4, -0.2) is 58.0 Å². The number of aromatic nitrogens is 2. The monoisotopic (exact) mass is 343 g/mol. The molecule has 0 radical (unpaired) electrons. The molecule has 1 saturated heterocycles. The summed E-state index contributed by atoms with van der Waals surface area (Å²) in [4.78, 5) is 12.7. The van der Waals surface area contributed by atoms with Crippen LogP contribution in [0.3, 0.4) is 0 Å². The number of aromatic amines is 1. The van der Waals surface area contributed by atoms with Gasteiger partial charge in [0.2, 0.25) is 0 Å². The molecule has 0 spiro atoms. The molecule has 1 atom stereocenters. The van der Waals surface area contributed by atoms with Gasteiger partial charge in [-0.25, -0.2) is 4.98 Å². The smallest absolute Gasteiger partial charge is 0.129 e. The molecule has 1 aliphatic heterocycles. The number of piperazine rings is 1. The largest absolute Gasteiger partial charge is 0.344 e. The van der Waals surface area contributed by atoms with E-state index in [0.717, 1.165) is 42.3 Å². The van der Waals surface area contributed by atoms with E-state index in [1.54, 1.807) is 0 Å². The fraction of sp³-hybridized carbons (Fsp3) is 0.786. The zero-order chi connectivity index (χ0) is 14.9. The first-order chi connectivity index (χ1) is 9.32. The Labute approximate surface area is 130 Å². The molecule has 1 aromatic rings. The summed E-state index contributed by atoms with van der Waals surface area (Å²) in [5.74, 6) is 0.929. The normalized spacial score (nSPS) is 20.3. The van der Waals surface area contributed by atoms with Crippen molar-refractivity contribution in [1.29, 1.82) is 0 Å². The summed E-state index contributed by atoms with van der Waals surface area (Å²) in [5.41, 5.74) is 7.36. The van der Waals surface area contributed by atoms with Gasteiger partial charge in [0.25, 0.3) is 0 Å². The molecule has 1 aliphatic rings. The van der Waals surface area contributed by atoms with Crippen LogP contribution in [0.2, 0.25) is 0 Å². The predicted molar refractivity (Wildman–Crippen MR) is 85.7 cm³/mol. The lowest BCUT2D eigenvalue weighted by molar-refractivity contribution is 0.0424. The van der Waals surface area contributed by atoms with Gasteiger partial charge in [0.05, 0.1) is 11.7 Å². The number of nitrogens with one attached hydrogen (secondary N) is 1. The maximum absolute atomic E-state index is 6.01. The highest BCUT2D eigenvalue weighted by Gasteiger charge is 2.30. The first-order valence-electron chi connectivity index (χ1n) is 7.24. The van der Waals surface area contributed by atoms with Gasteiger partial charge in [-0.05, 0) is 43.6 Å². The zero-order valence-corrected chi connectivity index (χ0v) is 14.5. The Kier molecular flexibility index (Phi) is 4.89. The molecule has 2 heterocycles. The molecular weight excluding hydrogens is 318 g/mol. The van der Waals surface area contributed by atoms with Crippen LogP contribution < -0.4 is 5.73 Å². The molecule has 1 fully saturated rings. The number of hydrogen-bond acceptors (Lipinski definition) is 4. The van der Waals surface area contributed by atoms with Crippen molar-refractivity contribution in [2.24, 2.45) is 5.73 Å². The SMILES string of the molecule is Cc1nc(Br)c(C(CN)N2CCN(C(C)(C)C)CC2)[nH]1. The second-order valence-corrected chi connectivity index (χ2v) is 7.22. The van der Waals surface area contributed by atoms with E-state index in [9.17, 15) is 0 Å². The molecule has 0 aromatic carbocycles. The number of halogens is 1. The summed E-state index contributed by atoms with van der Waals surface area (Å²) in [5, 5.41) is 0. The van der Waals surface area contributed by atoms with Crippen molar-refractivity contribution < 1.29 is 0 Å². The average molecular weight is 344 g/mol. The van der Waals surface area contributed by atoms with Crippen molar-refractivity contribution in [3.05, 3.63) is 16.1 Å². The fourth-order valence-corrected chi connectivity index (χ4v) is 3.49. The van der Waals surface area contributed by atoms with Gasteiger partial charge >= 0.3 is 0 Å². The third-order valence-electron chi connectivity index (χ3n) is 4.06. The van der Waals surface area contributed by atoms with Gasteiger partial charge in [0, 0.05) is 38.3 Å². The lowest BCUT2D eigenvalue weighted by Crippen LogP contribution is -2.54. The molecule has 20 heavy (non-hydrogen) atoms. The van der Waals surface area contributed by atoms with E-state index in [2.05, 4.69) is 56.5 Å². The van der Waals surface area contributed by atoms with Crippen LogP contribution in [0.1, 0.15) is 38.3 Å². The summed E-state index contributed by atoms with van der Waals surface area (Å²) < 4.78 is 0.892. The summed E-state index contributed by atoms with van der Waals surface area (Å²) in [7, 11) is 0. The molecule has 1 unspecified atom stereocenters. The first kappa shape index (κ1) is 15.9. The van der Waals surface area contributed by atoms with E-state index < -0.39 is 0 Å². The van der Waals surface area contributed by atoms with Crippen LogP contribution in [0, 0.1) is 6.92 Å². The lowest BCUT2D eigenvalue weighted by atomic mass is 10.0. The minimum absolute atomic E-state index is 0.215. The number of H-pyrrole nitrogens is 1. The molecule has 6 heteroatoms. The van der Waals surface area contributed by atoms with E-state index in [0.29, 0.717) is 6.54 Å². The molecule has 1 aromatic heterocycles. The lowest BCUT2D eigenvalue weighted by Gasteiger charge is -2.44. The van der Waals surface area contributed by atoms with Gasteiger partial charge in [-0.15, -0.1) is 0 Å². The molecule has 0 amide bonds. The highest BCUT2D eigenvalue weighted by atomic mass is 79.9. The van der Waals surface area contributed by atoms with Crippen LogP contribution >= 0.6 is 15.9 Å². The third kappa shape index (κ3) is 3.42. The number of nitrogens with zero attached hydrogens (tertiary/aromatic N) is 3. The molecule has 0 bridgehead atoms. The fourth-order valence-electron chi connectivity index (χ4n) is 2.86. The van der Waals surface area contributed by atoms with Gasteiger partial charge in [-0.3, -0.25) is 9.80 Å². The zero-order valence-electron chi connectivity index (χ0n) is 12.9. The van der Waals surface area contributed by atoms with Gasteiger partial charge in [-0.2, -0.15) is 0 Å². The molecule has 5 nitrogen and oxygen atoms in total. The van der Waals surface area contributed by atoms with Crippen molar-refractivity contribution in [2.45, 2.75) is 39.3 Å². The summed E-state index contributed by atoms with van der Waals surface area (Å²) >= 11 is 3.53. The van der Waals surface area contributed by atoms with Crippen LogP contribution in [-0.2, 0) is 0 Å². The summed E-state index contributed by atoms with van der Waals surface area (Å²) in [6.07, 6.45) is 0. The van der Waals surface area contributed by atoms with Crippen molar-refractivity contribution in [2.75, 3.05) is 32.7 Å². The van der Waals surface area contributed by atoms with Crippen LogP contribution in [0.25, 0.3) is 0 Å². The maximum atomic E-state index is 6.01. The second kappa shape index (κ2) is 6.13. The highest BCUT2D eigenvalue weighted by Crippen LogP contribution is 2.27. The Morgan fingerprint density at radius 2 is 1.90 bits per heavy atom. The standard InChI is InChI=1S/C14H26BrN5/c1-10-17-12(13(15)18-10)11(9-16)19-5-7-20(8-6-19)14(2,3)4/h11H,5-9,16H2,1-4H3,(H,17,18). The number of rotatable bonds is 3. The number of nitrogens with two attached hydrogens (primary N) is 1. The summed E-state index contributed by atoms with van der Waals surface area (Å²) in [6, 6.07) is 0.215. The van der Waals surface area contributed by atoms with Crippen molar-refractivity contribution >= 4 is 15.9 Å². The first-order valence-corrected chi connectivity index (χ1v) is 8.03. The van der Waals surface area contributed by atoms with E-state index in [4.69, 9.17) is 5.73 Å². The molecule has 114 valence electrons. The third-order valence-corrected chi connectivity index (χ3v) is 4.67. The van der Waals surface area contributed by atoms with Crippen molar-refractivity contribution in [3.63, 3.8) is 0 Å². The Morgan fingerprint density at radius 3 is 2.30 bits per heavy atom. The van der Waals surface area contributed by atoms with Crippen molar-refractivity contribution in [3.8, 4) is 0 Å². The highest BCUT2D eigenvalue weighted by molar-refractivity contribution is 9.10.